The topological polar surface area (TPSA) is 58.6 Å². The van der Waals surface area contributed by atoms with E-state index < -0.39 is 5.54 Å². The van der Waals surface area contributed by atoms with Crippen molar-refractivity contribution >= 4 is 11.8 Å². The third kappa shape index (κ3) is 2.48. The zero-order chi connectivity index (χ0) is 14.0. The molecule has 108 valence electrons. The molecule has 0 spiro atoms. The molecule has 0 aromatic rings. The van der Waals surface area contributed by atoms with E-state index in [1.165, 1.54) is 0 Å². The fourth-order valence-electron chi connectivity index (χ4n) is 2.83. The summed E-state index contributed by atoms with van der Waals surface area (Å²) in [6, 6.07) is -0.366. The number of hydrogen-bond acceptors (Lipinski definition) is 3. The van der Waals surface area contributed by atoms with Crippen LogP contribution in [0.5, 0.6) is 0 Å². The Balaban J connectivity index is 2.20. The molecule has 0 bridgehead atoms. The standard InChI is InChI=1S/C14H24N2O3/c1-4-11-12(17)16(8-10-6-7-19-9-10)14(3,5-2)13(18)15-11/h10-11H,4-9H2,1-3H3,(H,15,18). The summed E-state index contributed by atoms with van der Waals surface area (Å²) in [6.07, 6.45) is 2.25. The predicted octanol–water partition coefficient (Wildman–Crippen LogP) is 0.929. The Labute approximate surface area is 114 Å². The normalized spacial score (nSPS) is 35.6. The number of nitrogens with one attached hydrogen (secondary N) is 1. The molecule has 5 nitrogen and oxygen atoms in total. The Morgan fingerprint density at radius 3 is 2.68 bits per heavy atom. The molecular formula is C14H24N2O3. The smallest absolute Gasteiger partial charge is 0.246 e. The number of nitrogens with zero attached hydrogens (tertiary/aromatic N) is 1. The van der Waals surface area contributed by atoms with Crippen LogP contribution in [-0.2, 0) is 14.3 Å². The van der Waals surface area contributed by atoms with Crippen LogP contribution in [0.4, 0.5) is 0 Å². The van der Waals surface area contributed by atoms with Crippen LogP contribution in [0.15, 0.2) is 0 Å². The SMILES string of the molecule is CCC1NC(=O)C(C)(CC)N(CC2CCOC2)C1=O. The van der Waals surface area contributed by atoms with Crippen LogP contribution in [0.2, 0.25) is 0 Å². The summed E-state index contributed by atoms with van der Waals surface area (Å²) in [4.78, 5) is 26.6. The second-order valence-corrected chi connectivity index (χ2v) is 5.74. The molecule has 2 saturated heterocycles. The second kappa shape index (κ2) is 5.49. The molecule has 0 aromatic heterocycles. The van der Waals surface area contributed by atoms with E-state index in [0.717, 1.165) is 13.0 Å². The molecule has 2 fully saturated rings. The Morgan fingerprint density at radius 2 is 2.16 bits per heavy atom. The number of piperazine rings is 1. The lowest BCUT2D eigenvalue weighted by Crippen LogP contribution is -2.69. The minimum Gasteiger partial charge on any atom is -0.381 e. The van der Waals surface area contributed by atoms with Gasteiger partial charge in [-0.2, -0.15) is 0 Å². The fourth-order valence-corrected chi connectivity index (χ4v) is 2.83. The molecule has 0 saturated carbocycles. The zero-order valence-electron chi connectivity index (χ0n) is 12.1. The number of hydrogen-bond donors (Lipinski definition) is 1. The minimum absolute atomic E-state index is 0.0274. The molecule has 5 heteroatoms. The highest BCUT2D eigenvalue weighted by Crippen LogP contribution is 2.28. The van der Waals surface area contributed by atoms with E-state index in [9.17, 15) is 9.59 Å². The monoisotopic (exact) mass is 268 g/mol. The second-order valence-electron chi connectivity index (χ2n) is 5.74. The van der Waals surface area contributed by atoms with Gasteiger partial charge in [0, 0.05) is 19.1 Å². The summed E-state index contributed by atoms with van der Waals surface area (Å²) >= 11 is 0. The van der Waals surface area contributed by atoms with Gasteiger partial charge in [0.15, 0.2) is 0 Å². The molecule has 3 unspecified atom stereocenters. The van der Waals surface area contributed by atoms with Crippen LogP contribution in [0.1, 0.15) is 40.0 Å². The summed E-state index contributed by atoms with van der Waals surface area (Å²) in [5.41, 5.74) is -0.717. The lowest BCUT2D eigenvalue weighted by Gasteiger charge is -2.46. The van der Waals surface area contributed by atoms with E-state index in [2.05, 4.69) is 5.32 Å². The van der Waals surface area contributed by atoms with Gasteiger partial charge in [0.1, 0.15) is 11.6 Å². The van der Waals surface area contributed by atoms with E-state index in [1.807, 2.05) is 20.8 Å². The van der Waals surface area contributed by atoms with E-state index in [1.54, 1.807) is 4.90 Å². The van der Waals surface area contributed by atoms with Crippen LogP contribution >= 0.6 is 0 Å². The predicted molar refractivity (Wildman–Crippen MR) is 71.6 cm³/mol. The number of carbonyl (C=O) groups is 2. The number of amides is 2. The van der Waals surface area contributed by atoms with Crippen LogP contribution in [0.25, 0.3) is 0 Å². The first-order valence-electron chi connectivity index (χ1n) is 7.23. The van der Waals surface area contributed by atoms with Crippen LogP contribution in [0, 0.1) is 5.92 Å². The maximum absolute atomic E-state index is 12.5. The maximum atomic E-state index is 12.5. The van der Waals surface area contributed by atoms with Gasteiger partial charge in [-0.1, -0.05) is 13.8 Å². The summed E-state index contributed by atoms with van der Waals surface area (Å²) in [7, 11) is 0. The van der Waals surface area contributed by atoms with Crippen LogP contribution in [0.3, 0.4) is 0 Å². The van der Waals surface area contributed by atoms with Crippen molar-refractivity contribution in [1.29, 1.82) is 0 Å². The highest BCUT2D eigenvalue weighted by Gasteiger charge is 2.48. The quantitative estimate of drug-likeness (QED) is 0.825. The number of rotatable bonds is 4. The third-order valence-corrected chi connectivity index (χ3v) is 4.52. The maximum Gasteiger partial charge on any atom is 0.246 e. The van der Waals surface area contributed by atoms with Crippen molar-refractivity contribution in [1.82, 2.24) is 10.2 Å². The molecule has 3 atom stereocenters. The molecule has 19 heavy (non-hydrogen) atoms. The summed E-state index contributed by atoms with van der Waals surface area (Å²) in [5.74, 6) is 0.386. The third-order valence-electron chi connectivity index (χ3n) is 4.52. The lowest BCUT2D eigenvalue weighted by molar-refractivity contribution is -0.157. The Bertz CT molecular complexity index is 366. The summed E-state index contributed by atoms with van der Waals surface area (Å²) in [6.45, 7) is 7.83. The van der Waals surface area contributed by atoms with Gasteiger partial charge in [-0.15, -0.1) is 0 Å². The average molecular weight is 268 g/mol. The molecule has 2 amide bonds. The first-order chi connectivity index (χ1) is 9.02. The van der Waals surface area contributed by atoms with Gasteiger partial charge in [-0.05, 0) is 26.2 Å². The van der Waals surface area contributed by atoms with Gasteiger partial charge < -0.3 is 15.0 Å². The van der Waals surface area contributed by atoms with Gasteiger partial charge in [0.25, 0.3) is 0 Å². The minimum atomic E-state index is -0.717. The van der Waals surface area contributed by atoms with Crippen molar-refractivity contribution in [3.63, 3.8) is 0 Å². The first kappa shape index (κ1) is 14.3. The molecule has 2 heterocycles. The number of ether oxygens (including phenoxy) is 1. The highest BCUT2D eigenvalue weighted by atomic mass is 16.5. The van der Waals surface area contributed by atoms with Crippen LogP contribution < -0.4 is 5.32 Å². The van der Waals surface area contributed by atoms with Crippen molar-refractivity contribution < 1.29 is 14.3 Å². The van der Waals surface area contributed by atoms with E-state index in [-0.39, 0.29) is 17.9 Å². The Morgan fingerprint density at radius 1 is 1.42 bits per heavy atom. The first-order valence-corrected chi connectivity index (χ1v) is 7.23. The van der Waals surface area contributed by atoms with Crippen molar-refractivity contribution in [3.05, 3.63) is 0 Å². The molecule has 0 radical (unpaired) electrons. The molecule has 2 rings (SSSR count). The van der Waals surface area contributed by atoms with Crippen molar-refractivity contribution in [2.45, 2.75) is 51.6 Å². The van der Waals surface area contributed by atoms with Gasteiger partial charge in [-0.25, -0.2) is 0 Å². The van der Waals surface area contributed by atoms with E-state index in [0.29, 0.717) is 31.9 Å². The van der Waals surface area contributed by atoms with Gasteiger partial charge in [0.2, 0.25) is 11.8 Å². The van der Waals surface area contributed by atoms with Gasteiger partial charge in [-0.3, -0.25) is 9.59 Å². The molecule has 2 aliphatic heterocycles. The summed E-state index contributed by atoms with van der Waals surface area (Å²) in [5, 5.41) is 2.85. The number of carbonyl (C=O) groups excluding carboxylic acids is 2. The zero-order valence-corrected chi connectivity index (χ0v) is 12.1. The Kier molecular flexibility index (Phi) is 4.13. The van der Waals surface area contributed by atoms with Gasteiger partial charge >= 0.3 is 0 Å². The molecule has 0 aliphatic carbocycles. The van der Waals surface area contributed by atoms with Crippen molar-refractivity contribution in [3.8, 4) is 0 Å². The van der Waals surface area contributed by atoms with Crippen molar-refractivity contribution in [2.24, 2.45) is 5.92 Å². The highest BCUT2D eigenvalue weighted by molar-refractivity contribution is 5.99. The lowest BCUT2D eigenvalue weighted by atomic mass is 9.88. The average Bonchev–Trinajstić information content (AvgIpc) is 2.92. The fraction of sp³-hybridized carbons (Fsp3) is 0.857. The molecule has 1 N–H and O–H groups in total. The molecular weight excluding hydrogens is 244 g/mol. The molecule has 0 aromatic carbocycles. The summed E-state index contributed by atoms with van der Waals surface area (Å²) < 4.78 is 5.38. The van der Waals surface area contributed by atoms with E-state index >= 15 is 0 Å². The Hall–Kier alpha value is -1.10. The van der Waals surface area contributed by atoms with Gasteiger partial charge in [0.05, 0.1) is 6.61 Å². The molecule has 2 aliphatic rings. The van der Waals surface area contributed by atoms with E-state index in [4.69, 9.17) is 4.74 Å². The van der Waals surface area contributed by atoms with Crippen molar-refractivity contribution in [2.75, 3.05) is 19.8 Å². The largest absolute Gasteiger partial charge is 0.381 e. The van der Waals surface area contributed by atoms with Crippen LogP contribution in [-0.4, -0.2) is 48.1 Å².